The molecule has 0 aromatic heterocycles. The normalized spacial score (nSPS) is 12.0. The Morgan fingerprint density at radius 1 is 1.46 bits per heavy atom. The maximum absolute atomic E-state index is 11.0. The van der Waals surface area contributed by atoms with Crippen molar-refractivity contribution in [1.82, 2.24) is 10.2 Å². The molecule has 3 N–H and O–H groups in total. The molecule has 0 saturated heterocycles. The molecule has 0 fully saturated rings. The third-order valence-corrected chi connectivity index (χ3v) is 1.83. The van der Waals surface area contributed by atoms with Crippen molar-refractivity contribution in [3.63, 3.8) is 0 Å². The van der Waals surface area contributed by atoms with Crippen LogP contribution in [-0.4, -0.2) is 30.8 Å². The third kappa shape index (κ3) is 3.36. The van der Waals surface area contributed by atoms with E-state index in [9.17, 15) is 4.79 Å². The fourth-order valence-electron chi connectivity index (χ4n) is 0.928. The number of ketones is 1. The molecule has 0 aliphatic heterocycles. The van der Waals surface area contributed by atoms with E-state index in [-0.39, 0.29) is 5.78 Å². The van der Waals surface area contributed by atoms with E-state index < -0.39 is 0 Å². The van der Waals surface area contributed by atoms with Crippen LogP contribution in [0.15, 0.2) is 11.5 Å². The van der Waals surface area contributed by atoms with Crippen LogP contribution in [0, 0.1) is 0 Å². The first-order valence-electron chi connectivity index (χ1n) is 4.50. The minimum atomic E-state index is -0.101. The van der Waals surface area contributed by atoms with Gasteiger partial charge in [0.2, 0.25) is 0 Å². The molecule has 4 nitrogen and oxygen atoms in total. The number of allylic oxidation sites excluding steroid dienone is 1. The summed E-state index contributed by atoms with van der Waals surface area (Å²) < 4.78 is 0. The van der Waals surface area contributed by atoms with Gasteiger partial charge in [0, 0.05) is 27.1 Å². The lowest BCUT2D eigenvalue weighted by atomic mass is 10.3. The predicted molar refractivity (Wildman–Crippen MR) is 53.9 cm³/mol. The van der Waals surface area contributed by atoms with Crippen molar-refractivity contribution >= 4 is 5.78 Å². The number of hydrogen-bond donors (Lipinski definition) is 2. The minimum absolute atomic E-state index is 0.101. The Bertz CT molecular complexity index is 211. The van der Waals surface area contributed by atoms with Crippen molar-refractivity contribution in [2.45, 2.75) is 20.8 Å². The molecule has 0 aromatic rings. The van der Waals surface area contributed by atoms with Gasteiger partial charge < -0.3 is 16.0 Å². The van der Waals surface area contributed by atoms with E-state index in [2.05, 4.69) is 5.32 Å². The van der Waals surface area contributed by atoms with Gasteiger partial charge in [-0.25, -0.2) is 0 Å². The fourth-order valence-corrected chi connectivity index (χ4v) is 0.928. The Morgan fingerprint density at radius 3 is 2.31 bits per heavy atom. The highest BCUT2D eigenvalue weighted by Gasteiger charge is 2.09. The van der Waals surface area contributed by atoms with Crippen molar-refractivity contribution in [2.24, 2.45) is 5.73 Å². The van der Waals surface area contributed by atoms with E-state index in [1.807, 2.05) is 25.8 Å². The van der Waals surface area contributed by atoms with Gasteiger partial charge in [-0.05, 0) is 13.8 Å². The number of carbonyl (C=O) groups excluding carboxylic acids is 1. The summed E-state index contributed by atoms with van der Waals surface area (Å²) in [5.41, 5.74) is 5.95. The largest absolute Gasteiger partial charge is 0.393 e. The predicted octanol–water partition coefficient (Wildman–Crippen LogP) is 0.264. The topological polar surface area (TPSA) is 58.4 Å². The lowest BCUT2D eigenvalue weighted by Crippen LogP contribution is -2.33. The van der Waals surface area contributed by atoms with Gasteiger partial charge in [-0.1, -0.05) is 0 Å². The maximum Gasteiger partial charge on any atom is 0.179 e. The van der Waals surface area contributed by atoms with Crippen LogP contribution >= 0.6 is 0 Å². The molecule has 76 valence electrons. The number of carbonyl (C=O) groups is 1. The molecule has 0 saturated carbocycles. The van der Waals surface area contributed by atoms with E-state index in [0.29, 0.717) is 5.70 Å². The van der Waals surface area contributed by atoms with Crippen molar-refractivity contribution in [2.75, 3.05) is 20.1 Å². The summed E-state index contributed by atoms with van der Waals surface area (Å²) in [6.45, 7) is 7.02. The van der Waals surface area contributed by atoms with E-state index in [1.165, 1.54) is 6.92 Å². The van der Waals surface area contributed by atoms with Gasteiger partial charge in [0.25, 0.3) is 0 Å². The van der Waals surface area contributed by atoms with Gasteiger partial charge >= 0.3 is 0 Å². The molecule has 0 unspecified atom stereocenters. The highest BCUT2D eigenvalue weighted by Crippen LogP contribution is 2.01. The molecule has 0 aromatic carbocycles. The monoisotopic (exact) mass is 185 g/mol. The first kappa shape index (κ1) is 11.8. The number of nitrogens with one attached hydrogen (secondary N) is 1. The zero-order chi connectivity index (χ0) is 10.4. The molecule has 0 spiro atoms. The maximum atomic E-state index is 11.0. The van der Waals surface area contributed by atoms with Crippen LogP contribution in [-0.2, 0) is 4.79 Å². The Labute approximate surface area is 79.8 Å². The lowest BCUT2D eigenvalue weighted by Gasteiger charge is -2.22. The smallest absolute Gasteiger partial charge is 0.179 e. The molecular formula is C9H19N3O. The van der Waals surface area contributed by atoms with Gasteiger partial charge in [-0.3, -0.25) is 4.79 Å². The number of nitrogens with two attached hydrogens (primary N) is 1. The van der Waals surface area contributed by atoms with Crippen LogP contribution in [0.25, 0.3) is 0 Å². The SMILES string of the molecule is CCN/C(=C(\N)C(C)=O)N(C)CC. The molecule has 0 heterocycles. The standard InChI is InChI=1S/C9H19N3O/c1-5-11-9(12(4)6-2)8(10)7(3)13/h11H,5-6,10H2,1-4H3/b9-8+. The summed E-state index contributed by atoms with van der Waals surface area (Å²) in [6.07, 6.45) is 0. The fraction of sp³-hybridized carbons (Fsp3) is 0.667. The highest BCUT2D eigenvalue weighted by atomic mass is 16.1. The first-order valence-corrected chi connectivity index (χ1v) is 4.50. The van der Waals surface area contributed by atoms with E-state index in [4.69, 9.17) is 5.73 Å². The molecule has 4 heteroatoms. The Hall–Kier alpha value is -1.19. The summed E-state index contributed by atoms with van der Waals surface area (Å²) in [5, 5.41) is 3.07. The second kappa shape index (κ2) is 5.45. The van der Waals surface area contributed by atoms with Gasteiger partial charge in [0.15, 0.2) is 5.78 Å². The van der Waals surface area contributed by atoms with Gasteiger partial charge in [0.1, 0.15) is 11.5 Å². The second-order valence-corrected chi connectivity index (χ2v) is 2.86. The van der Waals surface area contributed by atoms with Crippen LogP contribution in [0.2, 0.25) is 0 Å². The van der Waals surface area contributed by atoms with Crippen molar-refractivity contribution < 1.29 is 4.79 Å². The zero-order valence-electron chi connectivity index (χ0n) is 8.85. The zero-order valence-corrected chi connectivity index (χ0v) is 8.85. The van der Waals surface area contributed by atoms with Crippen molar-refractivity contribution in [1.29, 1.82) is 0 Å². The summed E-state index contributed by atoms with van der Waals surface area (Å²) in [6, 6.07) is 0. The van der Waals surface area contributed by atoms with E-state index in [1.54, 1.807) is 0 Å². The van der Waals surface area contributed by atoms with Crippen LogP contribution in [0.5, 0.6) is 0 Å². The number of hydrogen-bond acceptors (Lipinski definition) is 4. The lowest BCUT2D eigenvalue weighted by molar-refractivity contribution is -0.113. The quantitative estimate of drug-likeness (QED) is 0.603. The first-order chi connectivity index (χ1) is 6.04. The summed E-state index contributed by atoms with van der Waals surface area (Å²) in [4.78, 5) is 12.9. The molecule has 0 amide bonds. The highest BCUT2D eigenvalue weighted by molar-refractivity contribution is 5.92. The average Bonchev–Trinajstić information content (AvgIpc) is 2.11. The molecule has 0 atom stereocenters. The number of nitrogens with zero attached hydrogens (tertiary/aromatic N) is 1. The summed E-state index contributed by atoms with van der Waals surface area (Å²) >= 11 is 0. The number of rotatable bonds is 5. The molecule has 0 radical (unpaired) electrons. The Kier molecular flexibility index (Phi) is 4.96. The Balaban J connectivity index is 4.76. The van der Waals surface area contributed by atoms with Crippen LogP contribution in [0.1, 0.15) is 20.8 Å². The van der Waals surface area contributed by atoms with Gasteiger partial charge in [0.05, 0.1) is 0 Å². The van der Waals surface area contributed by atoms with Crippen LogP contribution in [0.4, 0.5) is 0 Å². The average molecular weight is 185 g/mol. The van der Waals surface area contributed by atoms with E-state index >= 15 is 0 Å². The van der Waals surface area contributed by atoms with Crippen molar-refractivity contribution in [3.05, 3.63) is 11.5 Å². The molecule has 13 heavy (non-hydrogen) atoms. The van der Waals surface area contributed by atoms with Gasteiger partial charge in [-0.15, -0.1) is 0 Å². The molecule has 0 rings (SSSR count). The third-order valence-electron chi connectivity index (χ3n) is 1.83. The molecule has 0 bridgehead atoms. The molecular weight excluding hydrogens is 166 g/mol. The van der Waals surface area contributed by atoms with E-state index in [0.717, 1.165) is 18.9 Å². The van der Waals surface area contributed by atoms with Crippen LogP contribution < -0.4 is 11.1 Å². The number of Topliss-reactive ketones (excluding diaryl/α,β-unsaturated/α-hetero) is 1. The van der Waals surface area contributed by atoms with Crippen molar-refractivity contribution in [3.8, 4) is 0 Å². The summed E-state index contributed by atoms with van der Waals surface area (Å²) in [7, 11) is 1.90. The summed E-state index contributed by atoms with van der Waals surface area (Å²) in [5.74, 6) is 0.619. The second-order valence-electron chi connectivity index (χ2n) is 2.86. The molecule has 0 aliphatic carbocycles. The van der Waals surface area contributed by atoms with Crippen LogP contribution in [0.3, 0.4) is 0 Å². The Morgan fingerprint density at radius 2 is 2.00 bits per heavy atom. The van der Waals surface area contributed by atoms with Gasteiger partial charge in [-0.2, -0.15) is 0 Å². The molecule has 0 aliphatic rings. The minimum Gasteiger partial charge on any atom is -0.393 e.